The van der Waals surface area contributed by atoms with Gasteiger partial charge in [0.15, 0.2) is 0 Å². The molecule has 0 radical (unpaired) electrons. The highest BCUT2D eigenvalue weighted by Gasteiger charge is 2.16. The molecule has 0 saturated carbocycles. The van der Waals surface area contributed by atoms with Gasteiger partial charge in [0.25, 0.3) is 0 Å². The fourth-order valence-electron chi connectivity index (χ4n) is 1.77. The molecule has 1 atom stereocenters. The van der Waals surface area contributed by atoms with Crippen molar-refractivity contribution in [3.05, 3.63) is 0 Å². The zero-order valence-corrected chi connectivity index (χ0v) is 10.3. The van der Waals surface area contributed by atoms with Gasteiger partial charge in [-0.1, -0.05) is 0 Å². The lowest BCUT2D eigenvalue weighted by atomic mass is 10.3. The van der Waals surface area contributed by atoms with E-state index in [0.717, 1.165) is 39.3 Å². The molecule has 1 unspecified atom stereocenters. The van der Waals surface area contributed by atoms with E-state index in [1.165, 1.54) is 6.42 Å². The molecule has 0 amide bonds. The minimum absolute atomic E-state index is 0.378. The molecule has 1 aliphatic rings. The average Bonchev–Trinajstić information content (AvgIpc) is 2.17. The summed E-state index contributed by atoms with van der Waals surface area (Å²) in [5.41, 5.74) is 0. The van der Waals surface area contributed by atoms with E-state index in [9.17, 15) is 0 Å². The summed E-state index contributed by atoms with van der Waals surface area (Å²) in [6.45, 7) is 6.22. The van der Waals surface area contributed by atoms with Gasteiger partial charge in [-0.25, -0.2) is 0 Å². The van der Waals surface area contributed by atoms with Crippen molar-refractivity contribution in [1.29, 1.82) is 0 Å². The van der Waals surface area contributed by atoms with Gasteiger partial charge in [-0.05, 0) is 40.7 Å². The second-order valence-corrected chi connectivity index (χ2v) is 4.62. The van der Waals surface area contributed by atoms with Crippen LogP contribution in [0.15, 0.2) is 0 Å². The van der Waals surface area contributed by atoms with Crippen LogP contribution in [0.25, 0.3) is 0 Å². The summed E-state index contributed by atoms with van der Waals surface area (Å²) in [6, 6.07) is 0. The molecule has 1 N–H and O–H groups in total. The first kappa shape index (κ1) is 12.9. The number of nitrogens with zero attached hydrogens (tertiary/aromatic N) is 2. The molecule has 15 heavy (non-hydrogen) atoms. The third-order valence-electron chi connectivity index (χ3n) is 2.67. The second kappa shape index (κ2) is 7.17. The smallest absolute Gasteiger partial charge is 0.0826 e. The van der Waals surface area contributed by atoms with Crippen molar-refractivity contribution in [1.82, 2.24) is 15.1 Å². The number of nitrogens with one attached hydrogen (secondary N) is 1. The fraction of sp³-hybridized carbons (Fsp3) is 1.00. The molecular formula is C11H25N3O. The number of rotatable bonds is 6. The topological polar surface area (TPSA) is 27.7 Å². The normalized spacial score (nSPS) is 23.6. The highest BCUT2D eigenvalue weighted by Crippen LogP contribution is 2.01. The molecule has 1 fully saturated rings. The molecule has 1 aliphatic heterocycles. The summed E-state index contributed by atoms with van der Waals surface area (Å²) in [4.78, 5) is 4.54. The zero-order chi connectivity index (χ0) is 11.1. The maximum atomic E-state index is 5.66. The van der Waals surface area contributed by atoms with Crippen LogP contribution in [-0.2, 0) is 4.74 Å². The van der Waals surface area contributed by atoms with E-state index < -0.39 is 0 Å². The molecule has 90 valence electrons. The molecule has 0 aromatic heterocycles. The molecule has 0 aromatic rings. The van der Waals surface area contributed by atoms with Crippen molar-refractivity contribution in [2.24, 2.45) is 0 Å². The van der Waals surface area contributed by atoms with E-state index in [1.807, 2.05) is 0 Å². The minimum atomic E-state index is 0.378. The van der Waals surface area contributed by atoms with Gasteiger partial charge in [-0.15, -0.1) is 0 Å². The maximum absolute atomic E-state index is 5.66. The standard InChI is InChI=1S/C11H25N3O/c1-13(2)6-4-5-12-9-11-10-14(3)7-8-15-11/h11-12H,4-10H2,1-3H3. The highest BCUT2D eigenvalue weighted by atomic mass is 16.5. The molecule has 0 aromatic carbocycles. The van der Waals surface area contributed by atoms with E-state index >= 15 is 0 Å². The first-order valence-electron chi connectivity index (χ1n) is 5.84. The summed E-state index contributed by atoms with van der Waals surface area (Å²) in [5, 5.41) is 3.45. The van der Waals surface area contributed by atoms with E-state index in [2.05, 4.69) is 36.3 Å². The van der Waals surface area contributed by atoms with Crippen LogP contribution in [0.5, 0.6) is 0 Å². The summed E-state index contributed by atoms with van der Waals surface area (Å²) >= 11 is 0. The van der Waals surface area contributed by atoms with Gasteiger partial charge in [0, 0.05) is 19.6 Å². The van der Waals surface area contributed by atoms with Crippen molar-refractivity contribution < 1.29 is 4.74 Å². The van der Waals surface area contributed by atoms with Crippen LogP contribution in [0.4, 0.5) is 0 Å². The van der Waals surface area contributed by atoms with E-state index in [1.54, 1.807) is 0 Å². The molecule has 4 heteroatoms. The Labute approximate surface area is 93.6 Å². The lowest BCUT2D eigenvalue weighted by molar-refractivity contribution is -0.0180. The molecule has 1 rings (SSSR count). The third-order valence-corrected chi connectivity index (χ3v) is 2.67. The molecule has 0 spiro atoms. The van der Waals surface area contributed by atoms with E-state index in [0.29, 0.717) is 6.10 Å². The largest absolute Gasteiger partial charge is 0.374 e. The number of ether oxygens (including phenoxy) is 1. The van der Waals surface area contributed by atoms with Gasteiger partial charge in [0.2, 0.25) is 0 Å². The molecule has 1 saturated heterocycles. The average molecular weight is 215 g/mol. The first-order chi connectivity index (χ1) is 7.18. The van der Waals surface area contributed by atoms with Gasteiger partial charge < -0.3 is 19.9 Å². The number of hydrogen-bond donors (Lipinski definition) is 1. The molecule has 1 heterocycles. The maximum Gasteiger partial charge on any atom is 0.0826 e. The van der Waals surface area contributed by atoms with Crippen molar-refractivity contribution in [3.8, 4) is 0 Å². The van der Waals surface area contributed by atoms with Gasteiger partial charge in [0.05, 0.1) is 12.7 Å². The Morgan fingerprint density at radius 3 is 2.93 bits per heavy atom. The van der Waals surface area contributed by atoms with Gasteiger partial charge >= 0.3 is 0 Å². The zero-order valence-electron chi connectivity index (χ0n) is 10.3. The molecule has 0 aliphatic carbocycles. The first-order valence-corrected chi connectivity index (χ1v) is 5.84. The predicted octanol–water partition coefficient (Wildman–Crippen LogP) is -0.142. The van der Waals surface area contributed by atoms with Gasteiger partial charge in [0.1, 0.15) is 0 Å². The Hall–Kier alpha value is -0.160. The van der Waals surface area contributed by atoms with Crippen molar-refractivity contribution >= 4 is 0 Å². The minimum Gasteiger partial charge on any atom is -0.374 e. The van der Waals surface area contributed by atoms with Crippen LogP contribution >= 0.6 is 0 Å². The lowest BCUT2D eigenvalue weighted by Crippen LogP contribution is -2.45. The monoisotopic (exact) mass is 215 g/mol. The van der Waals surface area contributed by atoms with Gasteiger partial charge in [-0.3, -0.25) is 0 Å². The Morgan fingerprint density at radius 2 is 2.27 bits per heavy atom. The van der Waals surface area contributed by atoms with Crippen molar-refractivity contribution in [2.45, 2.75) is 12.5 Å². The Morgan fingerprint density at radius 1 is 1.47 bits per heavy atom. The summed E-state index contributed by atoms with van der Waals surface area (Å²) in [7, 11) is 6.37. The van der Waals surface area contributed by atoms with Crippen LogP contribution in [0.3, 0.4) is 0 Å². The van der Waals surface area contributed by atoms with Crippen LogP contribution in [0.1, 0.15) is 6.42 Å². The van der Waals surface area contributed by atoms with E-state index in [4.69, 9.17) is 4.74 Å². The van der Waals surface area contributed by atoms with Crippen LogP contribution in [-0.4, -0.2) is 76.4 Å². The molecule has 0 bridgehead atoms. The number of hydrogen-bond acceptors (Lipinski definition) is 4. The summed E-state index contributed by atoms with van der Waals surface area (Å²) < 4.78 is 5.66. The number of likely N-dealkylation sites (N-methyl/N-ethyl adjacent to an activating group) is 1. The molecule has 4 nitrogen and oxygen atoms in total. The van der Waals surface area contributed by atoms with Crippen LogP contribution < -0.4 is 5.32 Å². The molecular weight excluding hydrogens is 190 g/mol. The SMILES string of the molecule is CN(C)CCCNCC1CN(C)CCO1. The summed E-state index contributed by atoms with van der Waals surface area (Å²) in [6.07, 6.45) is 1.58. The Kier molecular flexibility index (Phi) is 6.17. The van der Waals surface area contributed by atoms with E-state index in [-0.39, 0.29) is 0 Å². The van der Waals surface area contributed by atoms with Crippen molar-refractivity contribution in [2.75, 3.05) is 60.5 Å². The van der Waals surface area contributed by atoms with Crippen LogP contribution in [0.2, 0.25) is 0 Å². The Bertz CT molecular complexity index is 164. The quantitative estimate of drug-likeness (QED) is 0.624. The fourth-order valence-corrected chi connectivity index (χ4v) is 1.77. The second-order valence-electron chi connectivity index (χ2n) is 4.62. The van der Waals surface area contributed by atoms with Crippen molar-refractivity contribution in [3.63, 3.8) is 0 Å². The Balaban J connectivity index is 1.95. The predicted molar refractivity (Wildman–Crippen MR) is 63.3 cm³/mol. The summed E-state index contributed by atoms with van der Waals surface area (Å²) in [5.74, 6) is 0. The van der Waals surface area contributed by atoms with Crippen LogP contribution in [0, 0.1) is 0 Å². The lowest BCUT2D eigenvalue weighted by Gasteiger charge is -2.30. The number of morpholine rings is 1. The van der Waals surface area contributed by atoms with Gasteiger partial charge in [-0.2, -0.15) is 0 Å². The third kappa shape index (κ3) is 6.10. The highest BCUT2D eigenvalue weighted by molar-refractivity contribution is 4.70.